The number of ketones is 1. The first-order valence-corrected chi connectivity index (χ1v) is 11.6. The van der Waals surface area contributed by atoms with Crippen molar-refractivity contribution in [2.24, 2.45) is 0 Å². The second-order valence-corrected chi connectivity index (χ2v) is 8.45. The summed E-state index contributed by atoms with van der Waals surface area (Å²) in [4.78, 5) is 35.1. The van der Waals surface area contributed by atoms with Gasteiger partial charge in [0.25, 0.3) is 5.91 Å². The molecular formula is C26H30N4O4. The first-order chi connectivity index (χ1) is 16.5. The standard InChI is InChI=1S/C26H30N4O4/c1-4-20(18-8-6-5-7-9-18)29-26(32)19-13-22(30-10-11-34-16-23(19)30)24(31)12-17(2)21-14-28-25(33-3)15-27-21/h5-9,13-15,17,20H,4,10-12,16H2,1-3H3,(H,29,32)/t17?,20-/m1/s1. The zero-order valence-corrected chi connectivity index (χ0v) is 19.8. The summed E-state index contributed by atoms with van der Waals surface area (Å²) in [6.45, 7) is 5.32. The van der Waals surface area contributed by atoms with Gasteiger partial charge in [0, 0.05) is 18.9 Å². The number of amides is 1. The summed E-state index contributed by atoms with van der Waals surface area (Å²) in [6, 6.07) is 11.5. The number of nitrogens with zero attached hydrogens (tertiary/aromatic N) is 3. The number of hydrogen-bond acceptors (Lipinski definition) is 6. The molecule has 3 aromatic rings. The van der Waals surface area contributed by atoms with Gasteiger partial charge in [-0.3, -0.25) is 14.6 Å². The maximum atomic E-state index is 13.3. The van der Waals surface area contributed by atoms with E-state index in [1.165, 1.54) is 7.11 Å². The molecule has 8 heteroatoms. The number of benzene rings is 1. The highest BCUT2D eigenvalue weighted by Crippen LogP contribution is 2.26. The van der Waals surface area contributed by atoms with Gasteiger partial charge in [-0.1, -0.05) is 44.2 Å². The SMILES string of the molecule is CC[C@@H](NC(=O)c1cc(C(=O)CC(C)c2cnc(OC)cn2)n2c1COCC2)c1ccccc1. The Morgan fingerprint density at radius 3 is 2.68 bits per heavy atom. The first-order valence-electron chi connectivity index (χ1n) is 11.6. The first kappa shape index (κ1) is 23.6. The number of nitrogens with one attached hydrogen (secondary N) is 1. The molecule has 4 rings (SSSR count). The minimum absolute atomic E-state index is 0.0394. The van der Waals surface area contributed by atoms with E-state index in [1.54, 1.807) is 18.5 Å². The van der Waals surface area contributed by atoms with Gasteiger partial charge in [0.2, 0.25) is 5.88 Å². The third kappa shape index (κ3) is 5.02. The second-order valence-electron chi connectivity index (χ2n) is 8.45. The van der Waals surface area contributed by atoms with Crippen molar-refractivity contribution in [1.29, 1.82) is 0 Å². The van der Waals surface area contributed by atoms with E-state index < -0.39 is 0 Å². The Morgan fingerprint density at radius 2 is 2.00 bits per heavy atom. The van der Waals surface area contributed by atoms with Crippen LogP contribution in [-0.4, -0.2) is 39.9 Å². The summed E-state index contributed by atoms with van der Waals surface area (Å²) in [5, 5.41) is 3.13. The molecule has 1 N–H and O–H groups in total. The number of ether oxygens (including phenoxy) is 2. The van der Waals surface area contributed by atoms with E-state index >= 15 is 0 Å². The van der Waals surface area contributed by atoms with Gasteiger partial charge < -0.3 is 19.4 Å². The van der Waals surface area contributed by atoms with Gasteiger partial charge in [-0.05, 0) is 18.1 Å². The van der Waals surface area contributed by atoms with Crippen molar-refractivity contribution in [3.05, 3.63) is 77.0 Å². The van der Waals surface area contributed by atoms with Gasteiger partial charge in [-0.2, -0.15) is 0 Å². The number of methoxy groups -OCH3 is 1. The zero-order valence-electron chi connectivity index (χ0n) is 19.8. The van der Waals surface area contributed by atoms with Gasteiger partial charge in [0.05, 0.1) is 61.4 Å². The predicted octanol–water partition coefficient (Wildman–Crippen LogP) is 4.07. The van der Waals surface area contributed by atoms with E-state index in [9.17, 15) is 9.59 Å². The average molecular weight is 463 g/mol. The number of carbonyl (C=O) groups is 2. The van der Waals surface area contributed by atoms with Crippen molar-refractivity contribution in [2.75, 3.05) is 13.7 Å². The van der Waals surface area contributed by atoms with Crippen LogP contribution in [0.1, 0.15) is 76.4 Å². The molecule has 1 amide bonds. The maximum absolute atomic E-state index is 13.3. The molecule has 0 saturated heterocycles. The summed E-state index contributed by atoms with van der Waals surface area (Å²) >= 11 is 0. The molecule has 1 aliphatic rings. The van der Waals surface area contributed by atoms with Gasteiger partial charge in [-0.25, -0.2) is 4.98 Å². The number of hydrogen-bond donors (Lipinski definition) is 1. The second kappa shape index (κ2) is 10.6. The van der Waals surface area contributed by atoms with Crippen LogP contribution in [0.25, 0.3) is 0 Å². The molecule has 0 radical (unpaired) electrons. The lowest BCUT2D eigenvalue weighted by Crippen LogP contribution is -2.29. The average Bonchev–Trinajstić information content (AvgIpc) is 3.28. The molecule has 0 saturated carbocycles. The Kier molecular flexibility index (Phi) is 7.37. The monoisotopic (exact) mass is 462 g/mol. The highest BCUT2D eigenvalue weighted by molar-refractivity contribution is 6.01. The summed E-state index contributed by atoms with van der Waals surface area (Å²) in [7, 11) is 1.53. The van der Waals surface area contributed by atoms with E-state index in [4.69, 9.17) is 9.47 Å². The normalized spacial score (nSPS) is 14.7. The minimum Gasteiger partial charge on any atom is -0.480 e. The molecule has 2 aromatic heterocycles. The van der Waals surface area contributed by atoms with Crippen molar-refractivity contribution >= 4 is 11.7 Å². The lowest BCUT2D eigenvalue weighted by atomic mass is 9.99. The van der Waals surface area contributed by atoms with Crippen LogP contribution in [0.3, 0.4) is 0 Å². The minimum atomic E-state index is -0.196. The number of fused-ring (bicyclic) bond motifs is 1. The van der Waals surface area contributed by atoms with Crippen molar-refractivity contribution in [3.8, 4) is 5.88 Å². The Balaban J connectivity index is 1.55. The molecule has 0 spiro atoms. The fourth-order valence-electron chi connectivity index (χ4n) is 4.27. The molecule has 0 bridgehead atoms. The third-order valence-corrected chi connectivity index (χ3v) is 6.21. The summed E-state index contributed by atoms with van der Waals surface area (Å²) in [5.41, 5.74) is 3.54. The molecule has 1 aromatic carbocycles. The van der Waals surface area contributed by atoms with Crippen LogP contribution in [0.4, 0.5) is 0 Å². The maximum Gasteiger partial charge on any atom is 0.253 e. The van der Waals surface area contributed by atoms with Crippen LogP contribution in [-0.2, 0) is 17.9 Å². The van der Waals surface area contributed by atoms with Crippen molar-refractivity contribution in [3.63, 3.8) is 0 Å². The lowest BCUT2D eigenvalue weighted by Gasteiger charge is -2.21. The van der Waals surface area contributed by atoms with Crippen LogP contribution in [0.2, 0.25) is 0 Å². The van der Waals surface area contributed by atoms with Gasteiger partial charge in [0.15, 0.2) is 5.78 Å². The highest BCUT2D eigenvalue weighted by Gasteiger charge is 2.28. The smallest absolute Gasteiger partial charge is 0.253 e. The molecule has 0 fully saturated rings. The molecule has 1 aliphatic heterocycles. The largest absolute Gasteiger partial charge is 0.480 e. The molecular weight excluding hydrogens is 432 g/mol. The zero-order chi connectivity index (χ0) is 24.1. The Bertz CT molecular complexity index is 1140. The quantitative estimate of drug-likeness (QED) is 0.482. The van der Waals surface area contributed by atoms with E-state index in [0.29, 0.717) is 36.9 Å². The fourth-order valence-corrected chi connectivity index (χ4v) is 4.27. The Morgan fingerprint density at radius 1 is 1.21 bits per heavy atom. The number of rotatable bonds is 9. The van der Waals surface area contributed by atoms with Gasteiger partial charge >= 0.3 is 0 Å². The van der Waals surface area contributed by atoms with Gasteiger partial charge in [0.1, 0.15) is 0 Å². The molecule has 34 heavy (non-hydrogen) atoms. The summed E-state index contributed by atoms with van der Waals surface area (Å²) < 4.78 is 12.6. The topological polar surface area (TPSA) is 95.3 Å². The molecule has 1 unspecified atom stereocenters. The van der Waals surface area contributed by atoms with Gasteiger partial charge in [-0.15, -0.1) is 0 Å². The molecule has 178 valence electrons. The van der Waals surface area contributed by atoms with Crippen LogP contribution in [0, 0.1) is 0 Å². The molecule has 0 aliphatic carbocycles. The number of carbonyl (C=O) groups excluding carboxylic acids is 2. The van der Waals surface area contributed by atoms with E-state index in [0.717, 1.165) is 23.4 Å². The van der Waals surface area contributed by atoms with Crippen LogP contribution < -0.4 is 10.1 Å². The third-order valence-electron chi connectivity index (χ3n) is 6.21. The summed E-state index contributed by atoms with van der Waals surface area (Å²) in [5.74, 6) is 0.0664. The Hall–Kier alpha value is -3.52. The highest BCUT2D eigenvalue weighted by atomic mass is 16.5. The molecule has 8 nitrogen and oxygen atoms in total. The van der Waals surface area contributed by atoms with Crippen molar-refractivity contribution < 1.29 is 19.1 Å². The van der Waals surface area contributed by atoms with E-state index in [-0.39, 0.29) is 30.1 Å². The van der Waals surface area contributed by atoms with E-state index in [2.05, 4.69) is 15.3 Å². The van der Waals surface area contributed by atoms with Crippen molar-refractivity contribution in [2.45, 2.75) is 51.8 Å². The van der Waals surface area contributed by atoms with E-state index in [1.807, 2.05) is 48.7 Å². The Labute approximate surface area is 199 Å². The summed E-state index contributed by atoms with van der Waals surface area (Å²) in [6.07, 6.45) is 4.19. The van der Waals surface area contributed by atoms with Crippen LogP contribution in [0.15, 0.2) is 48.8 Å². The molecule has 2 atom stereocenters. The molecule has 3 heterocycles. The lowest BCUT2D eigenvalue weighted by molar-refractivity contribution is 0.0781. The van der Waals surface area contributed by atoms with Crippen LogP contribution in [0.5, 0.6) is 5.88 Å². The van der Waals surface area contributed by atoms with Crippen LogP contribution >= 0.6 is 0 Å². The number of Topliss-reactive ketones (excluding diaryl/α,β-unsaturated/α-hetero) is 1. The number of aromatic nitrogens is 3. The van der Waals surface area contributed by atoms with Crippen molar-refractivity contribution in [1.82, 2.24) is 19.9 Å². The fraction of sp³-hybridized carbons (Fsp3) is 0.385. The predicted molar refractivity (Wildman–Crippen MR) is 127 cm³/mol.